The van der Waals surface area contributed by atoms with Crippen LogP contribution in [0.3, 0.4) is 0 Å². The molecule has 102 valence electrons. The Morgan fingerprint density at radius 1 is 1.42 bits per heavy atom. The van der Waals surface area contributed by atoms with E-state index in [0.29, 0.717) is 17.4 Å². The number of rotatable bonds is 5. The van der Waals surface area contributed by atoms with Gasteiger partial charge in [0.15, 0.2) is 0 Å². The summed E-state index contributed by atoms with van der Waals surface area (Å²) in [7, 11) is 0. The molecule has 1 N–H and O–H groups in total. The minimum Gasteiger partial charge on any atom is -0.473 e. The van der Waals surface area contributed by atoms with Crippen molar-refractivity contribution in [3.05, 3.63) is 23.9 Å². The number of carbonyl (C=O) groups excluding carboxylic acids is 1. The van der Waals surface area contributed by atoms with E-state index in [9.17, 15) is 4.79 Å². The van der Waals surface area contributed by atoms with E-state index in [-0.39, 0.29) is 12.0 Å². The number of nitrogens with one attached hydrogen (secondary N) is 1. The lowest BCUT2D eigenvalue weighted by Gasteiger charge is -2.11. The van der Waals surface area contributed by atoms with Crippen molar-refractivity contribution in [3.8, 4) is 5.88 Å². The zero-order chi connectivity index (χ0) is 13.1. The van der Waals surface area contributed by atoms with Crippen molar-refractivity contribution in [2.45, 2.75) is 25.4 Å². The van der Waals surface area contributed by atoms with E-state index in [1.54, 1.807) is 18.3 Å². The molecule has 2 fully saturated rings. The number of hydrogen-bond acceptors (Lipinski definition) is 4. The van der Waals surface area contributed by atoms with Gasteiger partial charge in [-0.15, -0.1) is 0 Å². The molecule has 0 spiro atoms. The van der Waals surface area contributed by atoms with Crippen molar-refractivity contribution < 1.29 is 9.53 Å². The van der Waals surface area contributed by atoms with Gasteiger partial charge in [0.2, 0.25) is 5.88 Å². The van der Waals surface area contributed by atoms with Crippen molar-refractivity contribution in [1.82, 2.24) is 10.3 Å². The summed E-state index contributed by atoms with van der Waals surface area (Å²) in [4.78, 5) is 16.1. The maximum absolute atomic E-state index is 11.8. The average Bonchev–Trinajstić information content (AvgIpc) is 3.13. The van der Waals surface area contributed by atoms with Gasteiger partial charge in [-0.1, -0.05) is 0 Å². The molecule has 19 heavy (non-hydrogen) atoms. The third-order valence-corrected chi connectivity index (χ3v) is 4.55. The van der Waals surface area contributed by atoms with Gasteiger partial charge in [0.1, 0.15) is 6.10 Å². The summed E-state index contributed by atoms with van der Waals surface area (Å²) in [6, 6.07) is 3.57. The Morgan fingerprint density at radius 3 is 2.95 bits per heavy atom. The van der Waals surface area contributed by atoms with Crippen LogP contribution in [0, 0.1) is 5.92 Å². The lowest BCUT2D eigenvalue weighted by Crippen LogP contribution is -2.25. The summed E-state index contributed by atoms with van der Waals surface area (Å²) in [5.74, 6) is 3.46. The molecule has 1 aliphatic heterocycles. The van der Waals surface area contributed by atoms with E-state index in [1.807, 2.05) is 11.8 Å². The van der Waals surface area contributed by atoms with Crippen LogP contribution < -0.4 is 10.1 Å². The highest BCUT2D eigenvalue weighted by atomic mass is 32.2. The molecule has 0 aromatic carbocycles. The van der Waals surface area contributed by atoms with E-state index in [4.69, 9.17) is 4.74 Å². The first-order valence-corrected chi connectivity index (χ1v) is 7.95. The van der Waals surface area contributed by atoms with Crippen LogP contribution in [0.1, 0.15) is 29.6 Å². The Bertz CT molecular complexity index is 439. The first-order valence-electron chi connectivity index (χ1n) is 6.80. The van der Waals surface area contributed by atoms with Gasteiger partial charge in [-0.3, -0.25) is 4.79 Å². The van der Waals surface area contributed by atoms with Gasteiger partial charge in [0, 0.05) is 24.6 Å². The Balaban J connectivity index is 1.53. The van der Waals surface area contributed by atoms with Gasteiger partial charge in [0.25, 0.3) is 5.91 Å². The zero-order valence-electron chi connectivity index (χ0n) is 10.8. The van der Waals surface area contributed by atoms with Crippen LogP contribution in [0.5, 0.6) is 5.88 Å². The summed E-state index contributed by atoms with van der Waals surface area (Å²) in [6.45, 7) is 0.788. The third-order valence-electron chi connectivity index (χ3n) is 3.42. The zero-order valence-corrected chi connectivity index (χ0v) is 11.6. The monoisotopic (exact) mass is 278 g/mol. The fourth-order valence-corrected chi connectivity index (χ4v) is 3.12. The second-order valence-corrected chi connectivity index (χ2v) is 6.29. The predicted molar refractivity (Wildman–Crippen MR) is 75.7 cm³/mol. The molecule has 1 atom stereocenters. The van der Waals surface area contributed by atoms with Crippen LogP contribution in [0.2, 0.25) is 0 Å². The molecule has 1 aromatic heterocycles. The van der Waals surface area contributed by atoms with E-state index in [0.717, 1.165) is 24.5 Å². The minimum absolute atomic E-state index is 0.0395. The van der Waals surface area contributed by atoms with Crippen LogP contribution in [0.25, 0.3) is 0 Å². The number of aromatic nitrogens is 1. The maximum atomic E-state index is 11.8. The molecule has 1 saturated carbocycles. The Hall–Kier alpha value is -1.23. The Labute approximate surface area is 117 Å². The van der Waals surface area contributed by atoms with Gasteiger partial charge in [-0.25, -0.2) is 4.98 Å². The average molecular weight is 278 g/mol. The van der Waals surface area contributed by atoms with Crippen molar-refractivity contribution in [1.29, 1.82) is 0 Å². The quantitative estimate of drug-likeness (QED) is 0.896. The van der Waals surface area contributed by atoms with Crippen LogP contribution in [-0.2, 0) is 0 Å². The van der Waals surface area contributed by atoms with E-state index in [2.05, 4.69) is 10.3 Å². The second-order valence-electron chi connectivity index (χ2n) is 5.14. The number of amides is 1. The smallest absolute Gasteiger partial charge is 0.252 e. The highest BCUT2D eigenvalue weighted by Gasteiger charge is 2.22. The SMILES string of the molecule is O=C(NCC1CC1)c1ccc(O[C@H]2CCSC2)nc1. The highest BCUT2D eigenvalue weighted by Crippen LogP contribution is 2.27. The lowest BCUT2D eigenvalue weighted by atomic mass is 10.2. The molecule has 1 saturated heterocycles. The Kier molecular flexibility index (Phi) is 3.92. The van der Waals surface area contributed by atoms with Gasteiger partial charge in [0.05, 0.1) is 5.56 Å². The van der Waals surface area contributed by atoms with Crippen molar-refractivity contribution in [3.63, 3.8) is 0 Å². The molecular formula is C14H18N2O2S. The first kappa shape index (κ1) is 12.8. The van der Waals surface area contributed by atoms with Crippen LogP contribution in [0.15, 0.2) is 18.3 Å². The molecule has 2 heterocycles. The molecule has 0 bridgehead atoms. The van der Waals surface area contributed by atoms with E-state index in [1.165, 1.54) is 12.8 Å². The second kappa shape index (κ2) is 5.82. The summed E-state index contributed by atoms with van der Waals surface area (Å²) in [5.41, 5.74) is 0.605. The van der Waals surface area contributed by atoms with Crippen molar-refractivity contribution >= 4 is 17.7 Å². The standard InChI is InChI=1S/C14H18N2O2S/c17-14(16-7-10-1-2-10)11-3-4-13(15-8-11)18-12-5-6-19-9-12/h3-4,8,10,12H,1-2,5-7,9H2,(H,16,17)/t12-/m0/s1. The normalized spacial score (nSPS) is 22.2. The number of pyridine rings is 1. The molecule has 1 aliphatic carbocycles. The van der Waals surface area contributed by atoms with Gasteiger partial charge in [-0.2, -0.15) is 11.8 Å². The molecule has 5 heteroatoms. The summed E-state index contributed by atoms with van der Waals surface area (Å²) in [6.07, 6.45) is 5.43. The molecule has 0 unspecified atom stereocenters. The molecule has 3 rings (SSSR count). The van der Waals surface area contributed by atoms with E-state index >= 15 is 0 Å². The number of hydrogen-bond donors (Lipinski definition) is 1. The van der Waals surface area contributed by atoms with Gasteiger partial charge in [-0.05, 0) is 37.0 Å². The fraction of sp³-hybridized carbons (Fsp3) is 0.571. The maximum Gasteiger partial charge on any atom is 0.252 e. The molecule has 1 aromatic rings. The van der Waals surface area contributed by atoms with Gasteiger partial charge < -0.3 is 10.1 Å². The van der Waals surface area contributed by atoms with Crippen LogP contribution >= 0.6 is 11.8 Å². The summed E-state index contributed by atoms with van der Waals surface area (Å²) >= 11 is 1.91. The molecule has 4 nitrogen and oxygen atoms in total. The first-order chi connectivity index (χ1) is 9.31. The number of carbonyl (C=O) groups is 1. The minimum atomic E-state index is -0.0395. The van der Waals surface area contributed by atoms with Crippen LogP contribution in [0.4, 0.5) is 0 Å². The third kappa shape index (κ3) is 3.62. The predicted octanol–water partition coefficient (Wildman–Crippen LogP) is 2.11. The topological polar surface area (TPSA) is 51.2 Å². The largest absolute Gasteiger partial charge is 0.473 e. The fourth-order valence-electron chi connectivity index (χ4n) is 2.02. The molecule has 0 radical (unpaired) electrons. The van der Waals surface area contributed by atoms with Crippen molar-refractivity contribution in [2.24, 2.45) is 5.92 Å². The van der Waals surface area contributed by atoms with Crippen LogP contribution in [-0.4, -0.2) is 35.0 Å². The highest BCUT2D eigenvalue weighted by molar-refractivity contribution is 7.99. The lowest BCUT2D eigenvalue weighted by molar-refractivity contribution is 0.0951. The number of ether oxygens (including phenoxy) is 1. The molecular weight excluding hydrogens is 260 g/mol. The number of nitrogens with zero attached hydrogens (tertiary/aromatic N) is 1. The summed E-state index contributed by atoms with van der Waals surface area (Å²) in [5, 5.41) is 2.93. The van der Waals surface area contributed by atoms with Gasteiger partial charge >= 0.3 is 0 Å². The molecule has 1 amide bonds. The Morgan fingerprint density at radius 2 is 2.32 bits per heavy atom. The van der Waals surface area contributed by atoms with Crippen molar-refractivity contribution in [2.75, 3.05) is 18.1 Å². The number of thioether (sulfide) groups is 1. The van der Waals surface area contributed by atoms with E-state index < -0.39 is 0 Å². The molecule has 2 aliphatic rings. The summed E-state index contributed by atoms with van der Waals surface area (Å²) < 4.78 is 5.75.